The van der Waals surface area contributed by atoms with Crippen molar-refractivity contribution in [3.63, 3.8) is 0 Å². The maximum Gasteiger partial charge on any atom is 0.159 e. The van der Waals surface area contributed by atoms with E-state index in [0.717, 1.165) is 77.8 Å². The van der Waals surface area contributed by atoms with Gasteiger partial charge in [-0.2, -0.15) is 0 Å². The van der Waals surface area contributed by atoms with Gasteiger partial charge in [-0.1, -0.05) is 158 Å². The molecule has 272 valence electrons. The number of aromatic nitrogens is 2. The molecule has 4 heteroatoms. The molecule has 4 heterocycles. The predicted molar refractivity (Wildman–Crippen MR) is 239 cm³/mol. The average molecular weight is 742 g/mol. The molecule has 11 aromatic rings. The first-order valence-corrected chi connectivity index (χ1v) is 19.9. The van der Waals surface area contributed by atoms with E-state index in [1.807, 2.05) is 0 Å². The molecule has 58 heavy (non-hydrogen) atoms. The Morgan fingerprint density at radius 1 is 0.500 bits per heavy atom. The largest absolute Gasteiger partial charge is 0.454 e. The van der Waals surface area contributed by atoms with Crippen LogP contribution in [0.1, 0.15) is 18.0 Å². The second-order valence-electron chi connectivity index (χ2n) is 15.3. The first-order chi connectivity index (χ1) is 28.7. The molecule has 0 saturated carbocycles. The number of furan rings is 1. The van der Waals surface area contributed by atoms with Gasteiger partial charge in [0.15, 0.2) is 5.58 Å². The van der Waals surface area contributed by atoms with E-state index in [-0.39, 0.29) is 6.04 Å². The molecule has 1 atom stereocenters. The molecule has 12 rings (SSSR count). The lowest BCUT2D eigenvalue weighted by Gasteiger charge is -2.15. The number of benzene rings is 8. The second-order valence-corrected chi connectivity index (χ2v) is 15.3. The predicted octanol–water partition coefficient (Wildman–Crippen LogP) is 12.8. The number of nitrogens with zero attached hydrogens (tertiary/aromatic N) is 3. The fourth-order valence-corrected chi connectivity index (χ4v) is 9.00. The lowest BCUT2D eigenvalue weighted by Crippen LogP contribution is -2.30. The molecule has 8 aromatic carbocycles. The van der Waals surface area contributed by atoms with E-state index in [0.29, 0.717) is 0 Å². The molecule has 1 aliphatic heterocycles. The lowest BCUT2D eigenvalue weighted by atomic mass is 10.00. The third kappa shape index (κ3) is 5.23. The maximum absolute atomic E-state index is 6.97. The number of pyridine rings is 1. The van der Waals surface area contributed by atoms with Crippen LogP contribution in [0.4, 0.5) is 0 Å². The van der Waals surface area contributed by atoms with Gasteiger partial charge in [0.25, 0.3) is 0 Å². The first-order valence-electron chi connectivity index (χ1n) is 19.9. The van der Waals surface area contributed by atoms with Gasteiger partial charge in [-0.25, -0.2) is 4.98 Å². The minimum atomic E-state index is 0.0789. The standard InChI is InChI=1S/C54H35N3O/c1-4-11-34(12-5-1)39-21-26-42-43-27-22-40(35-13-6-2-7-14-35)32-50(43)57(49(42)31-39)48-18-10-17-45-44-28-23-41(33-51(44)58-54(45)48)47-30-25-38-20-19-37-24-29-46(36-15-8-3-9-16-36)55-52(37)53(38)56-47/h1-28,30-33,46H,29H2. The zero-order chi connectivity index (χ0) is 38.2. The van der Waals surface area contributed by atoms with E-state index < -0.39 is 0 Å². The van der Waals surface area contributed by atoms with Gasteiger partial charge in [-0.15, -0.1) is 0 Å². The van der Waals surface area contributed by atoms with E-state index in [2.05, 4.69) is 199 Å². The molecular weight excluding hydrogens is 707 g/mol. The van der Waals surface area contributed by atoms with Crippen LogP contribution in [0.15, 0.2) is 197 Å². The number of fused-ring (bicyclic) bond motifs is 9. The molecule has 0 N–H and O–H groups in total. The molecule has 0 spiro atoms. The molecule has 0 fully saturated rings. The highest BCUT2D eigenvalue weighted by Crippen LogP contribution is 2.41. The van der Waals surface area contributed by atoms with Gasteiger partial charge in [0.1, 0.15) is 5.58 Å². The van der Waals surface area contributed by atoms with Crippen LogP contribution >= 0.6 is 0 Å². The van der Waals surface area contributed by atoms with Crippen LogP contribution < -0.4 is 10.6 Å². The van der Waals surface area contributed by atoms with Crippen LogP contribution in [0.3, 0.4) is 0 Å². The lowest BCUT2D eigenvalue weighted by molar-refractivity contribution is 0.666. The molecular formula is C54H35N3O. The molecule has 0 aliphatic carbocycles. The van der Waals surface area contributed by atoms with Crippen molar-refractivity contribution < 1.29 is 4.42 Å². The third-order valence-electron chi connectivity index (χ3n) is 11.9. The summed E-state index contributed by atoms with van der Waals surface area (Å²) in [7, 11) is 0. The Hall–Kier alpha value is -7.56. The number of para-hydroxylation sites is 1. The van der Waals surface area contributed by atoms with Crippen molar-refractivity contribution in [3.8, 4) is 39.2 Å². The van der Waals surface area contributed by atoms with Crippen molar-refractivity contribution in [2.45, 2.75) is 12.5 Å². The second kappa shape index (κ2) is 13.0. The Balaban J connectivity index is 1.04. The van der Waals surface area contributed by atoms with Crippen molar-refractivity contribution in [3.05, 3.63) is 204 Å². The van der Waals surface area contributed by atoms with Crippen LogP contribution in [0.2, 0.25) is 0 Å². The summed E-state index contributed by atoms with van der Waals surface area (Å²) in [6, 6.07) is 67.1. The summed E-state index contributed by atoms with van der Waals surface area (Å²) in [5.74, 6) is 0. The van der Waals surface area contributed by atoms with E-state index >= 15 is 0 Å². The van der Waals surface area contributed by atoms with Gasteiger partial charge >= 0.3 is 0 Å². The molecule has 0 bridgehead atoms. The number of hydrogen-bond acceptors (Lipinski definition) is 3. The summed E-state index contributed by atoms with van der Waals surface area (Å²) in [5.41, 5.74) is 13.7. The highest BCUT2D eigenvalue weighted by Gasteiger charge is 2.20. The normalized spacial score (nSPS) is 13.9. The minimum Gasteiger partial charge on any atom is -0.454 e. The summed E-state index contributed by atoms with van der Waals surface area (Å²) in [6.07, 6.45) is 3.18. The Kier molecular flexibility index (Phi) is 7.32. The van der Waals surface area contributed by atoms with Gasteiger partial charge in [-0.3, -0.25) is 4.99 Å². The monoisotopic (exact) mass is 741 g/mol. The summed E-state index contributed by atoms with van der Waals surface area (Å²) < 4.78 is 9.36. The Labute approximate surface area is 334 Å². The quantitative estimate of drug-likeness (QED) is 0.176. The molecule has 1 unspecified atom stereocenters. The molecule has 3 aromatic heterocycles. The van der Waals surface area contributed by atoms with Gasteiger partial charge in [0, 0.05) is 32.5 Å². The zero-order valence-corrected chi connectivity index (χ0v) is 31.5. The fraction of sp³-hybridized carbons (Fsp3) is 0.0370. The first kappa shape index (κ1) is 32.7. The topological polar surface area (TPSA) is 43.3 Å². The minimum absolute atomic E-state index is 0.0789. The molecule has 4 nitrogen and oxygen atoms in total. The number of hydrogen-bond donors (Lipinski definition) is 0. The molecule has 1 aliphatic rings. The highest BCUT2D eigenvalue weighted by molar-refractivity contribution is 6.14. The van der Waals surface area contributed by atoms with Gasteiger partial charge in [0.2, 0.25) is 0 Å². The highest BCUT2D eigenvalue weighted by atomic mass is 16.3. The van der Waals surface area contributed by atoms with E-state index in [4.69, 9.17) is 14.4 Å². The average Bonchev–Trinajstić information content (AvgIpc) is 3.84. The van der Waals surface area contributed by atoms with Crippen molar-refractivity contribution in [2.24, 2.45) is 4.99 Å². The van der Waals surface area contributed by atoms with Crippen LogP contribution in [0, 0.1) is 0 Å². The van der Waals surface area contributed by atoms with Gasteiger partial charge in [0.05, 0.1) is 39.3 Å². The van der Waals surface area contributed by atoms with Crippen LogP contribution in [-0.2, 0) is 0 Å². The third-order valence-corrected chi connectivity index (χ3v) is 11.9. The smallest absolute Gasteiger partial charge is 0.159 e. The zero-order valence-electron chi connectivity index (χ0n) is 31.5. The Bertz CT molecular complexity index is 3430. The fourth-order valence-electron chi connectivity index (χ4n) is 9.00. The summed E-state index contributed by atoms with van der Waals surface area (Å²) in [4.78, 5) is 10.5. The summed E-state index contributed by atoms with van der Waals surface area (Å²) in [6.45, 7) is 0. The maximum atomic E-state index is 6.97. The SMILES string of the molecule is C1=c2ccc3ccc(-c4ccc5c(c4)oc4c(-n6c7cc(-c8ccccc8)ccc7c7ccc(-c8ccccc8)cc76)cccc45)nc3c2=NC(c2ccccc2)C1. The van der Waals surface area contributed by atoms with Crippen molar-refractivity contribution >= 4 is 60.7 Å². The Morgan fingerprint density at radius 3 is 1.84 bits per heavy atom. The van der Waals surface area contributed by atoms with Crippen LogP contribution in [-0.4, -0.2) is 9.55 Å². The van der Waals surface area contributed by atoms with Crippen LogP contribution in [0.25, 0.3) is 99.9 Å². The number of rotatable bonds is 5. The molecule has 0 saturated heterocycles. The van der Waals surface area contributed by atoms with Crippen molar-refractivity contribution in [2.75, 3.05) is 0 Å². The summed E-state index contributed by atoms with van der Waals surface area (Å²) in [5, 5.41) is 7.74. The summed E-state index contributed by atoms with van der Waals surface area (Å²) >= 11 is 0. The van der Waals surface area contributed by atoms with Gasteiger partial charge < -0.3 is 8.98 Å². The van der Waals surface area contributed by atoms with E-state index in [1.165, 1.54) is 38.6 Å². The van der Waals surface area contributed by atoms with Gasteiger partial charge in [-0.05, 0) is 75.9 Å². The molecule has 0 radical (unpaired) electrons. The van der Waals surface area contributed by atoms with Crippen molar-refractivity contribution in [1.82, 2.24) is 9.55 Å². The van der Waals surface area contributed by atoms with Crippen LogP contribution in [0.5, 0.6) is 0 Å². The van der Waals surface area contributed by atoms with E-state index in [9.17, 15) is 0 Å². The molecule has 0 amide bonds. The van der Waals surface area contributed by atoms with E-state index in [1.54, 1.807) is 0 Å². The Morgan fingerprint density at radius 2 is 1.14 bits per heavy atom. The van der Waals surface area contributed by atoms with Crippen molar-refractivity contribution in [1.29, 1.82) is 0 Å².